The molecule has 2 aromatic carbocycles. The summed E-state index contributed by atoms with van der Waals surface area (Å²) in [7, 11) is 1.73. The summed E-state index contributed by atoms with van der Waals surface area (Å²) in [6, 6.07) is 10.9. The summed E-state index contributed by atoms with van der Waals surface area (Å²) in [5.74, 6) is -0.841. The molecule has 0 saturated heterocycles. The molecule has 4 heteroatoms. The molecule has 0 aliphatic heterocycles. The Hall–Kier alpha value is -1.01. The van der Waals surface area contributed by atoms with Crippen LogP contribution < -0.4 is 5.32 Å². The van der Waals surface area contributed by atoms with Crippen LogP contribution in [0.4, 0.5) is 8.78 Å². The molecule has 0 saturated carbocycles. The molecule has 2 rings (SSSR count). The van der Waals surface area contributed by atoms with Crippen molar-refractivity contribution >= 4 is 22.6 Å². The second-order valence-corrected chi connectivity index (χ2v) is 5.18. The average molecular weight is 359 g/mol. The summed E-state index contributed by atoms with van der Waals surface area (Å²) < 4.78 is 28.1. The zero-order valence-electron chi connectivity index (χ0n) is 9.75. The van der Waals surface area contributed by atoms with Crippen LogP contribution in [-0.2, 0) is 0 Å². The van der Waals surface area contributed by atoms with Crippen molar-refractivity contribution in [3.63, 3.8) is 0 Å². The summed E-state index contributed by atoms with van der Waals surface area (Å²) in [5, 5.41) is 3.01. The maximum absolute atomic E-state index is 13.8. The molecular formula is C14H12F2IN. The van der Waals surface area contributed by atoms with Crippen LogP contribution in [0.3, 0.4) is 0 Å². The number of hydrogen-bond donors (Lipinski definition) is 1. The summed E-state index contributed by atoms with van der Waals surface area (Å²) in [6.07, 6.45) is 0. The molecule has 1 atom stereocenters. The molecule has 2 aromatic rings. The third kappa shape index (κ3) is 2.87. The molecule has 1 unspecified atom stereocenters. The first kappa shape index (κ1) is 13.4. The van der Waals surface area contributed by atoms with Crippen molar-refractivity contribution in [3.05, 3.63) is 68.8 Å². The molecule has 0 fully saturated rings. The van der Waals surface area contributed by atoms with Crippen molar-refractivity contribution in [2.24, 2.45) is 0 Å². The topological polar surface area (TPSA) is 12.0 Å². The van der Waals surface area contributed by atoms with Gasteiger partial charge in [-0.05, 0) is 65.5 Å². The Morgan fingerprint density at radius 2 is 1.72 bits per heavy atom. The first-order valence-electron chi connectivity index (χ1n) is 5.49. The lowest BCUT2D eigenvalue weighted by molar-refractivity contribution is 0.558. The molecule has 0 heterocycles. The monoisotopic (exact) mass is 359 g/mol. The van der Waals surface area contributed by atoms with E-state index in [1.54, 1.807) is 7.05 Å². The zero-order valence-corrected chi connectivity index (χ0v) is 11.9. The zero-order chi connectivity index (χ0) is 13.1. The van der Waals surface area contributed by atoms with Crippen LogP contribution in [0.15, 0.2) is 42.5 Å². The highest BCUT2D eigenvalue weighted by Gasteiger charge is 2.16. The Kier molecular flexibility index (Phi) is 4.29. The minimum Gasteiger partial charge on any atom is -0.309 e. The van der Waals surface area contributed by atoms with Gasteiger partial charge in [-0.15, -0.1) is 0 Å². The van der Waals surface area contributed by atoms with Crippen molar-refractivity contribution in [1.82, 2.24) is 5.32 Å². The number of benzene rings is 2. The van der Waals surface area contributed by atoms with Gasteiger partial charge in [-0.25, -0.2) is 8.78 Å². The fourth-order valence-electron chi connectivity index (χ4n) is 1.89. The van der Waals surface area contributed by atoms with E-state index in [9.17, 15) is 8.78 Å². The van der Waals surface area contributed by atoms with E-state index < -0.39 is 11.6 Å². The van der Waals surface area contributed by atoms with E-state index in [-0.39, 0.29) is 6.04 Å². The van der Waals surface area contributed by atoms with Crippen molar-refractivity contribution in [3.8, 4) is 0 Å². The summed E-state index contributed by atoms with van der Waals surface area (Å²) >= 11 is 2.20. The van der Waals surface area contributed by atoms with Crippen LogP contribution in [0.5, 0.6) is 0 Å². The van der Waals surface area contributed by atoms with Gasteiger partial charge in [-0.2, -0.15) is 0 Å². The Morgan fingerprint density at radius 1 is 1.06 bits per heavy atom. The first-order valence-corrected chi connectivity index (χ1v) is 6.57. The summed E-state index contributed by atoms with van der Waals surface area (Å²) in [5.41, 5.74) is 1.22. The maximum Gasteiger partial charge on any atom is 0.128 e. The molecule has 0 aliphatic rings. The highest BCUT2D eigenvalue weighted by molar-refractivity contribution is 14.1. The van der Waals surface area contributed by atoms with Gasteiger partial charge in [0.25, 0.3) is 0 Å². The van der Waals surface area contributed by atoms with Crippen LogP contribution >= 0.6 is 22.6 Å². The Labute approximate surface area is 118 Å². The van der Waals surface area contributed by atoms with Crippen molar-refractivity contribution in [2.45, 2.75) is 6.04 Å². The van der Waals surface area contributed by atoms with Gasteiger partial charge < -0.3 is 5.32 Å². The largest absolute Gasteiger partial charge is 0.309 e. The molecule has 0 amide bonds. The van der Waals surface area contributed by atoms with E-state index in [1.807, 2.05) is 24.3 Å². The standard InChI is InChI=1S/C14H12F2IN/c1-18-14(9-2-5-11(17)6-3-9)12-8-10(15)4-7-13(12)16/h2-8,14,18H,1H3. The molecule has 0 aliphatic carbocycles. The molecule has 0 bridgehead atoms. The first-order chi connectivity index (χ1) is 8.61. The molecule has 0 aromatic heterocycles. The second-order valence-electron chi connectivity index (χ2n) is 3.94. The Morgan fingerprint density at radius 3 is 2.33 bits per heavy atom. The third-order valence-corrected chi connectivity index (χ3v) is 3.48. The quantitative estimate of drug-likeness (QED) is 0.821. The second kappa shape index (κ2) is 5.75. The normalized spacial score (nSPS) is 12.4. The Bertz CT molecular complexity index is 540. The predicted molar refractivity (Wildman–Crippen MR) is 76.4 cm³/mol. The van der Waals surface area contributed by atoms with E-state index in [4.69, 9.17) is 0 Å². The number of nitrogens with one attached hydrogen (secondary N) is 1. The summed E-state index contributed by atoms with van der Waals surface area (Å²) in [4.78, 5) is 0. The smallest absolute Gasteiger partial charge is 0.128 e. The van der Waals surface area contributed by atoms with Crippen LogP contribution in [0.2, 0.25) is 0 Å². The molecule has 18 heavy (non-hydrogen) atoms. The van der Waals surface area contributed by atoms with Gasteiger partial charge in [0, 0.05) is 9.13 Å². The van der Waals surface area contributed by atoms with Gasteiger partial charge in [0.1, 0.15) is 11.6 Å². The predicted octanol–water partition coefficient (Wildman–Crippen LogP) is 3.88. The van der Waals surface area contributed by atoms with Gasteiger partial charge in [0.05, 0.1) is 6.04 Å². The molecule has 1 nitrogen and oxygen atoms in total. The highest BCUT2D eigenvalue weighted by Crippen LogP contribution is 2.25. The van der Waals surface area contributed by atoms with Gasteiger partial charge in [-0.3, -0.25) is 0 Å². The van der Waals surface area contributed by atoms with Gasteiger partial charge in [-0.1, -0.05) is 12.1 Å². The van der Waals surface area contributed by atoms with E-state index in [2.05, 4.69) is 27.9 Å². The van der Waals surface area contributed by atoms with E-state index in [0.29, 0.717) is 5.56 Å². The van der Waals surface area contributed by atoms with Crippen LogP contribution in [0.25, 0.3) is 0 Å². The minimum absolute atomic E-state index is 0.318. The fraction of sp³-hybridized carbons (Fsp3) is 0.143. The maximum atomic E-state index is 13.8. The SMILES string of the molecule is CNC(c1ccc(I)cc1)c1cc(F)ccc1F. The number of hydrogen-bond acceptors (Lipinski definition) is 1. The van der Waals surface area contributed by atoms with Gasteiger partial charge in [0.15, 0.2) is 0 Å². The molecule has 0 spiro atoms. The van der Waals surface area contributed by atoms with Gasteiger partial charge >= 0.3 is 0 Å². The van der Waals surface area contributed by atoms with E-state index in [0.717, 1.165) is 21.3 Å². The van der Waals surface area contributed by atoms with Crippen molar-refractivity contribution < 1.29 is 8.78 Å². The third-order valence-electron chi connectivity index (χ3n) is 2.76. The molecule has 0 radical (unpaired) electrons. The minimum atomic E-state index is -0.433. The molecular weight excluding hydrogens is 347 g/mol. The van der Waals surface area contributed by atoms with Crippen molar-refractivity contribution in [1.29, 1.82) is 0 Å². The molecule has 1 N–H and O–H groups in total. The van der Waals surface area contributed by atoms with Crippen LogP contribution in [-0.4, -0.2) is 7.05 Å². The lowest BCUT2D eigenvalue weighted by atomic mass is 9.98. The van der Waals surface area contributed by atoms with E-state index >= 15 is 0 Å². The number of rotatable bonds is 3. The van der Waals surface area contributed by atoms with Crippen molar-refractivity contribution in [2.75, 3.05) is 7.05 Å². The fourth-order valence-corrected chi connectivity index (χ4v) is 2.25. The summed E-state index contributed by atoms with van der Waals surface area (Å²) in [6.45, 7) is 0. The highest BCUT2D eigenvalue weighted by atomic mass is 127. The lowest BCUT2D eigenvalue weighted by Crippen LogP contribution is -2.19. The lowest BCUT2D eigenvalue weighted by Gasteiger charge is -2.18. The molecule has 94 valence electrons. The van der Waals surface area contributed by atoms with Gasteiger partial charge in [0.2, 0.25) is 0 Å². The van der Waals surface area contributed by atoms with Crippen LogP contribution in [0, 0.1) is 15.2 Å². The van der Waals surface area contributed by atoms with E-state index in [1.165, 1.54) is 6.07 Å². The average Bonchev–Trinajstić information content (AvgIpc) is 2.37. The number of halogens is 3. The van der Waals surface area contributed by atoms with Crippen LogP contribution in [0.1, 0.15) is 17.2 Å². The Balaban J connectivity index is 2.44.